The Hall–Kier alpha value is -1.35. The van der Waals surface area contributed by atoms with E-state index < -0.39 is 0 Å². The Morgan fingerprint density at radius 2 is 1.67 bits per heavy atom. The van der Waals surface area contributed by atoms with E-state index in [1.807, 2.05) is 0 Å². The monoisotopic (exact) mass is 286 g/mol. The van der Waals surface area contributed by atoms with Gasteiger partial charge in [-0.15, -0.1) is 0 Å². The van der Waals surface area contributed by atoms with E-state index in [0.717, 1.165) is 52.0 Å². The van der Waals surface area contributed by atoms with Gasteiger partial charge in [0, 0.05) is 38.6 Å². The average Bonchev–Trinajstić information content (AvgIpc) is 3.08. The van der Waals surface area contributed by atoms with Crippen LogP contribution in [0, 0.1) is 5.92 Å². The molecule has 0 radical (unpaired) electrons. The number of piperazine rings is 1. The van der Waals surface area contributed by atoms with E-state index >= 15 is 0 Å². The number of nitrogens with zero attached hydrogens (tertiary/aromatic N) is 2. The zero-order chi connectivity index (χ0) is 14.5. The summed E-state index contributed by atoms with van der Waals surface area (Å²) in [5.41, 5.74) is 1.40. The van der Waals surface area contributed by atoms with Crippen molar-refractivity contribution in [2.45, 2.75) is 32.1 Å². The lowest BCUT2D eigenvalue weighted by atomic mass is 10.1. The normalized spacial score (nSPS) is 20.9. The van der Waals surface area contributed by atoms with Crippen LogP contribution in [0.25, 0.3) is 0 Å². The minimum Gasteiger partial charge on any atom is -0.340 e. The molecule has 1 amide bonds. The topological polar surface area (TPSA) is 23.6 Å². The molecule has 1 saturated heterocycles. The molecule has 0 unspecified atom stereocenters. The molecular weight excluding hydrogens is 260 g/mol. The summed E-state index contributed by atoms with van der Waals surface area (Å²) in [6.07, 6.45) is 5.83. The predicted octanol–water partition coefficient (Wildman–Crippen LogP) is 2.56. The van der Waals surface area contributed by atoms with E-state index in [4.69, 9.17) is 0 Å². The lowest BCUT2D eigenvalue weighted by Crippen LogP contribution is -2.50. The van der Waals surface area contributed by atoms with Crippen LogP contribution < -0.4 is 0 Å². The molecule has 1 aliphatic carbocycles. The zero-order valence-corrected chi connectivity index (χ0v) is 12.8. The molecular formula is C18H26N2O. The van der Waals surface area contributed by atoms with Crippen LogP contribution in [-0.4, -0.2) is 48.4 Å². The second kappa shape index (κ2) is 7.08. The van der Waals surface area contributed by atoms with Crippen molar-refractivity contribution in [3.63, 3.8) is 0 Å². The number of carbonyl (C=O) groups excluding carboxylic acids is 1. The van der Waals surface area contributed by atoms with E-state index in [2.05, 4.69) is 40.1 Å². The molecule has 1 aliphatic heterocycles. The van der Waals surface area contributed by atoms with Crippen LogP contribution in [0.3, 0.4) is 0 Å². The maximum absolute atomic E-state index is 12.4. The molecule has 0 bridgehead atoms. The SMILES string of the molecule is O=C(C1CCCC1)N1CCN(CCc2ccccc2)CC1. The van der Waals surface area contributed by atoms with Gasteiger partial charge in [0.2, 0.25) is 5.91 Å². The van der Waals surface area contributed by atoms with Gasteiger partial charge in [0.25, 0.3) is 0 Å². The average molecular weight is 286 g/mol. The third-order valence-corrected chi connectivity index (χ3v) is 4.95. The van der Waals surface area contributed by atoms with Gasteiger partial charge in [-0.2, -0.15) is 0 Å². The van der Waals surface area contributed by atoms with E-state index in [1.165, 1.54) is 18.4 Å². The maximum Gasteiger partial charge on any atom is 0.225 e. The molecule has 1 heterocycles. The predicted molar refractivity (Wildman–Crippen MR) is 85.1 cm³/mol. The van der Waals surface area contributed by atoms with Crippen molar-refractivity contribution in [1.82, 2.24) is 9.80 Å². The highest BCUT2D eigenvalue weighted by atomic mass is 16.2. The molecule has 3 nitrogen and oxygen atoms in total. The first kappa shape index (κ1) is 14.6. The fraction of sp³-hybridized carbons (Fsp3) is 0.611. The zero-order valence-electron chi connectivity index (χ0n) is 12.8. The van der Waals surface area contributed by atoms with Crippen LogP contribution in [0.15, 0.2) is 30.3 Å². The summed E-state index contributed by atoms with van der Waals surface area (Å²) in [6.45, 7) is 5.01. The number of amides is 1. The van der Waals surface area contributed by atoms with Crippen molar-refractivity contribution >= 4 is 5.91 Å². The fourth-order valence-corrected chi connectivity index (χ4v) is 3.55. The molecule has 1 saturated carbocycles. The highest BCUT2D eigenvalue weighted by Gasteiger charge is 2.29. The largest absolute Gasteiger partial charge is 0.340 e. The molecule has 2 aliphatic rings. The smallest absolute Gasteiger partial charge is 0.225 e. The maximum atomic E-state index is 12.4. The Morgan fingerprint density at radius 1 is 1.00 bits per heavy atom. The lowest BCUT2D eigenvalue weighted by Gasteiger charge is -2.36. The Bertz CT molecular complexity index is 446. The van der Waals surface area contributed by atoms with Crippen LogP contribution in [0.4, 0.5) is 0 Å². The Labute approximate surface area is 127 Å². The van der Waals surface area contributed by atoms with E-state index in [-0.39, 0.29) is 0 Å². The molecule has 1 aromatic carbocycles. The van der Waals surface area contributed by atoms with Gasteiger partial charge in [-0.1, -0.05) is 43.2 Å². The van der Waals surface area contributed by atoms with Crippen LogP contribution in [0.5, 0.6) is 0 Å². The van der Waals surface area contributed by atoms with Crippen LogP contribution in [0.1, 0.15) is 31.2 Å². The third-order valence-electron chi connectivity index (χ3n) is 4.95. The molecule has 0 N–H and O–H groups in total. The molecule has 3 rings (SSSR count). The van der Waals surface area contributed by atoms with E-state index in [0.29, 0.717) is 11.8 Å². The quantitative estimate of drug-likeness (QED) is 0.849. The van der Waals surface area contributed by atoms with Gasteiger partial charge in [-0.25, -0.2) is 0 Å². The summed E-state index contributed by atoms with van der Waals surface area (Å²) in [5, 5.41) is 0. The lowest BCUT2D eigenvalue weighted by molar-refractivity contribution is -0.137. The second-order valence-corrected chi connectivity index (χ2v) is 6.38. The first-order valence-corrected chi connectivity index (χ1v) is 8.38. The van der Waals surface area contributed by atoms with Crippen LogP contribution >= 0.6 is 0 Å². The van der Waals surface area contributed by atoms with Gasteiger partial charge in [0.05, 0.1) is 0 Å². The van der Waals surface area contributed by atoms with Crippen molar-refractivity contribution in [3.05, 3.63) is 35.9 Å². The minimum absolute atomic E-state index is 0.334. The summed E-state index contributed by atoms with van der Waals surface area (Å²) in [6, 6.07) is 10.7. The van der Waals surface area contributed by atoms with Crippen molar-refractivity contribution < 1.29 is 4.79 Å². The van der Waals surface area contributed by atoms with Gasteiger partial charge >= 0.3 is 0 Å². The summed E-state index contributed by atoms with van der Waals surface area (Å²) in [5.74, 6) is 0.760. The summed E-state index contributed by atoms with van der Waals surface area (Å²) in [7, 11) is 0. The van der Waals surface area contributed by atoms with Crippen molar-refractivity contribution in [1.29, 1.82) is 0 Å². The molecule has 0 spiro atoms. The molecule has 0 atom stereocenters. The second-order valence-electron chi connectivity index (χ2n) is 6.38. The Kier molecular flexibility index (Phi) is 4.91. The minimum atomic E-state index is 0.334. The number of carbonyl (C=O) groups is 1. The molecule has 114 valence electrons. The molecule has 0 aromatic heterocycles. The van der Waals surface area contributed by atoms with Gasteiger partial charge in [0.1, 0.15) is 0 Å². The molecule has 3 heteroatoms. The van der Waals surface area contributed by atoms with Gasteiger partial charge < -0.3 is 4.90 Å². The standard InChI is InChI=1S/C18H26N2O/c21-18(17-8-4-5-9-17)20-14-12-19(13-15-20)11-10-16-6-2-1-3-7-16/h1-3,6-7,17H,4-5,8-15H2. The van der Waals surface area contributed by atoms with E-state index in [1.54, 1.807) is 0 Å². The highest BCUT2D eigenvalue weighted by Crippen LogP contribution is 2.26. The first-order chi connectivity index (χ1) is 10.3. The molecule has 21 heavy (non-hydrogen) atoms. The number of rotatable bonds is 4. The van der Waals surface area contributed by atoms with Crippen molar-refractivity contribution in [2.75, 3.05) is 32.7 Å². The van der Waals surface area contributed by atoms with Crippen molar-refractivity contribution in [3.8, 4) is 0 Å². The van der Waals surface area contributed by atoms with Crippen LogP contribution in [0.2, 0.25) is 0 Å². The third kappa shape index (κ3) is 3.85. The van der Waals surface area contributed by atoms with Gasteiger partial charge in [-0.05, 0) is 24.8 Å². The highest BCUT2D eigenvalue weighted by molar-refractivity contribution is 5.79. The summed E-state index contributed by atoms with van der Waals surface area (Å²) in [4.78, 5) is 17.0. The number of hydrogen-bond acceptors (Lipinski definition) is 2. The fourth-order valence-electron chi connectivity index (χ4n) is 3.55. The van der Waals surface area contributed by atoms with Gasteiger partial charge in [-0.3, -0.25) is 9.69 Å². The molecule has 2 fully saturated rings. The van der Waals surface area contributed by atoms with Gasteiger partial charge in [0.15, 0.2) is 0 Å². The summed E-state index contributed by atoms with van der Waals surface area (Å²) < 4.78 is 0. The molecule has 1 aromatic rings. The first-order valence-electron chi connectivity index (χ1n) is 8.38. The Balaban J connectivity index is 1.41. The van der Waals surface area contributed by atoms with Crippen molar-refractivity contribution in [2.24, 2.45) is 5.92 Å². The van der Waals surface area contributed by atoms with E-state index in [9.17, 15) is 4.79 Å². The van der Waals surface area contributed by atoms with Crippen LogP contribution in [-0.2, 0) is 11.2 Å². The Morgan fingerprint density at radius 3 is 2.33 bits per heavy atom. The number of benzene rings is 1. The number of hydrogen-bond donors (Lipinski definition) is 0. The summed E-state index contributed by atoms with van der Waals surface area (Å²) >= 11 is 0.